The predicted molar refractivity (Wildman–Crippen MR) is 59.5 cm³/mol. The Hall–Kier alpha value is -0.0900. The Kier molecular flexibility index (Phi) is 2.60. The Bertz CT molecular complexity index is 292. The summed E-state index contributed by atoms with van der Waals surface area (Å²) in [6.07, 6.45) is 6.70. The van der Waals surface area contributed by atoms with Gasteiger partial charge < -0.3 is 0 Å². The summed E-state index contributed by atoms with van der Waals surface area (Å²) in [5.74, 6) is 2.22. The van der Waals surface area contributed by atoms with E-state index in [0.717, 1.165) is 5.75 Å². The molecule has 0 saturated heterocycles. The first-order chi connectivity index (χ1) is 6.24. The number of thioether (sulfide) groups is 1. The number of nitrogens with zero attached hydrogens (tertiary/aromatic N) is 2. The maximum Gasteiger partial charge on any atom is 0.0625 e. The van der Waals surface area contributed by atoms with E-state index in [1.165, 1.54) is 23.5 Å². The van der Waals surface area contributed by atoms with Gasteiger partial charge in [-0.15, -0.1) is 11.8 Å². The second-order valence-electron chi connectivity index (χ2n) is 3.80. The lowest BCUT2D eigenvalue weighted by atomic mass is 10.2. The summed E-state index contributed by atoms with van der Waals surface area (Å²) < 4.78 is 1.85. The van der Waals surface area contributed by atoms with Crippen molar-refractivity contribution in [3.05, 3.63) is 12.4 Å². The van der Waals surface area contributed by atoms with Gasteiger partial charge in [0.2, 0.25) is 0 Å². The van der Waals surface area contributed by atoms with Gasteiger partial charge in [-0.2, -0.15) is 17.7 Å². The van der Waals surface area contributed by atoms with Crippen molar-refractivity contribution in [1.29, 1.82) is 0 Å². The molecule has 0 spiro atoms. The maximum absolute atomic E-state index is 4.38. The lowest BCUT2D eigenvalue weighted by Gasteiger charge is -2.08. The number of hydrogen-bond acceptors (Lipinski definition) is 3. The molecule has 0 atom stereocenters. The van der Waals surface area contributed by atoms with Gasteiger partial charge in [-0.25, -0.2) is 0 Å². The zero-order chi connectivity index (χ0) is 9.31. The van der Waals surface area contributed by atoms with Crippen LogP contribution in [0.3, 0.4) is 0 Å². The van der Waals surface area contributed by atoms with E-state index in [1.807, 2.05) is 29.7 Å². The monoisotopic (exact) mass is 214 g/mol. The third kappa shape index (κ3) is 2.23. The molecule has 0 bridgehead atoms. The van der Waals surface area contributed by atoms with E-state index >= 15 is 0 Å². The van der Waals surface area contributed by atoms with Crippen LogP contribution < -0.4 is 0 Å². The molecule has 0 amide bonds. The molecule has 1 aromatic heterocycles. The average Bonchev–Trinajstić information content (AvgIpc) is 2.81. The van der Waals surface area contributed by atoms with Crippen LogP contribution >= 0.6 is 24.4 Å². The van der Waals surface area contributed by atoms with Crippen molar-refractivity contribution in [3.63, 3.8) is 0 Å². The highest BCUT2D eigenvalue weighted by atomic mass is 32.2. The fourth-order valence-electron chi connectivity index (χ4n) is 1.23. The van der Waals surface area contributed by atoms with E-state index in [0.29, 0.717) is 5.41 Å². The molecule has 13 heavy (non-hydrogen) atoms. The van der Waals surface area contributed by atoms with Crippen LogP contribution in [0.2, 0.25) is 0 Å². The van der Waals surface area contributed by atoms with Crippen molar-refractivity contribution >= 4 is 24.4 Å². The normalized spacial score (nSPS) is 18.9. The highest BCUT2D eigenvalue weighted by Crippen LogP contribution is 2.49. The van der Waals surface area contributed by atoms with E-state index in [2.05, 4.69) is 23.9 Å². The molecule has 1 aliphatic carbocycles. The third-order valence-corrected chi connectivity index (χ3v) is 4.49. The van der Waals surface area contributed by atoms with Crippen molar-refractivity contribution in [2.45, 2.75) is 17.7 Å². The van der Waals surface area contributed by atoms with Crippen LogP contribution in [-0.4, -0.2) is 21.3 Å². The highest BCUT2D eigenvalue weighted by Gasteiger charge is 2.40. The van der Waals surface area contributed by atoms with Gasteiger partial charge >= 0.3 is 0 Å². The first-order valence-electron chi connectivity index (χ1n) is 4.46. The van der Waals surface area contributed by atoms with Gasteiger partial charge in [0.25, 0.3) is 0 Å². The van der Waals surface area contributed by atoms with Crippen LogP contribution in [0.15, 0.2) is 17.3 Å². The molecule has 1 aromatic rings. The molecule has 0 N–H and O–H groups in total. The van der Waals surface area contributed by atoms with Crippen LogP contribution in [0.25, 0.3) is 0 Å². The molecule has 72 valence electrons. The summed E-state index contributed by atoms with van der Waals surface area (Å²) >= 11 is 6.28. The Balaban J connectivity index is 1.86. The Labute approximate surface area is 88.5 Å². The van der Waals surface area contributed by atoms with Crippen molar-refractivity contribution < 1.29 is 0 Å². The molecule has 0 aromatic carbocycles. The molecule has 1 fully saturated rings. The number of thiol groups is 1. The van der Waals surface area contributed by atoms with Gasteiger partial charge in [0, 0.05) is 23.9 Å². The molecule has 0 aliphatic heterocycles. The molecule has 1 saturated carbocycles. The van der Waals surface area contributed by atoms with Crippen LogP contribution in [0.5, 0.6) is 0 Å². The number of aryl methyl sites for hydroxylation is 1. The van der Waals surface area contributed by atoms with Gasteiger partial charge in [0.1, 0.15) is 0 Å². The lowest BCUT2D eigenvalue weighted by Crippen LogP contribution is -2.04. The molecule has 2 rings (SSSR count). The molecular formula is C9H14N2S2. The number of aromatic nitrogens is 2. The van der Waals surface area contributed by atoms with E-state index in [4.69, 9.17) is 0 Å². The van der Waals surface area contributed by atoms with Gasteiger partial charge in [-0.1, -0.05) is 0 Å². The molecule has 4 heteroatoms. The molecule has 1 aliphatic rings. The fraction of sp³-hybridized carbons (Fsp3) is 0.667. The van der Waals surface area contributed by atoms with E-state index in [1.54, 1.807) is 0 Å². The largest absolute Gasteiger partial charge is 0.275 e. The second-order valence-corrected chi connectivity index (χ2v) is 5.16. The first kappa shape index (κ1) is 9.46. The van der Waals surface area contributed by atoms with Crippen LogP contribution in [-0.2, 0) is 7.05 Å². The fourth-order valence-corrected chi connectivity index (χ4v) is 3.03. The summed E-state index contributed by atoms with van der Waals surface area (Å²) in [7, 11) is 1.95. The SMILES string of the molecule is Cn1cc(SCC2(CS)CC2)cn1. The summed E-state index contributed by atoms with van der Waals surface area (Å²) in [5.41, 5.74) is 0.545. The highest BCUT2D eigenvalue weighted by molar-refractivity contribution is 7.99. The number of rotatable bonds is 4. The standard InChI is InChI=1S/C9H14N2S2/c1-11-5-8(4-10-11)13-7-9(6-12)2-3-9/h4-5,12H,2-3,6-7H2,1H3. The number of hydrogen-bond donors (Lipinski definition) is 1. The zero-order valence-electron chi connectivity index (χ0n) is 7.73. The predicted octanol–water partition coefficient (Wildman–Crippen LogP) is 2.22. The quantitative estimate of drug-likeness (QED) is 0.612. The topological polar surface area (TPSA) is 17.8 Å². The third-order valence-electron chi connectivity index (χ3n) is 2.52. The molecule has 2 nitrogen and oxygen atoms in total. The molecule has 0 radical (unpaired) electrons. The van der Waals surface area contributed by atoms with Gasteiger partial charge in [0.15, 0.2) is 0 Å². The molecule has 1 heterocycles. The van der Waals surface area contributed by atoms with E-state index < -0.39 is 0 Å². The lowest BCUT2D eigenvalue weighted by molar-refractivity contribution is 0.683. The van der Waals surface area contributed by atoms with Gasteiger partial charge in [0.05, 0.1) is 6.20 Å². The summed E-state index contributed by atoms with van der Waals surface area (Å²) in [6.45, 7) is 0. The van der Waals surface area contributed by atoms with Crippen molar-refractivity contribution in [1.82, 2.24) is 9.78 Å². The van der Waals surface area contributed by atoms with Crippen molar-refractivity contribution in [2.24, 2.45) is 12.5 Å². The minimum absolute atomic E-state index is 0.545. The van der Waals surface area contributed by atoms with Crippen LogP contribution in [0.4, 0.5) is 0 Å². The summed E-state index contributed by atoms with van der Waals surface area (Å²) in [5, 5.41) is 4.14. The first-order valence-corrected chi connectivity index (χ1v) is 6.08. The van der Waals surface area contributed by atoms with E-state index in [9.17, 15) is 0 Å². The molecule has 0 unspecified atom stereocenters. The van der Waals surface area contributed by atoms with Crippen LogP contribution in [0, 0.1) is 5.41 Å². The summed E-state index contributed by atoms with van der Waals surface area (Å²) in [4.78, 5) is 1.27. The molecular weight excluding hydrogens is 200 g/mol. The Morgan fingerprint density at radius 3 is 2.92 bits per heavy atom. The van der Waals surface area contributed by atoms with Gasteiger partial charge in [-0.3, -0.25) is 4.68 Å². The van der Waals surface area contributed by atoms with Crippen molar-refractivity contribution in [3.8, 4) is 0 Å². The average molecular weight is 214 g/mol. The minimum Gasteiger partial charge on any atom is -0.275 e. The van der Waals surface area contributed by atoms with E-state index in [-0.39, 0.29) is 0 Å². The van der Waals surface area contributed by atoms with Gasteiger partial charge in [-0.05, 0) is 24.0 Å². The minimum atomic E-state index is 0.545. The zero-order valence-corrected chi connectivity index (χ0v) is 9.44. The second kappa shape index (κ2) is 3.58. The van der Waals surface area contributed by atoms with Crippen LogP contribution in [0.1, 0.15) is 12.8 Å². The maximum atomic E-state index is 4.38. The Morgan fingerprint density at radius 2 is 2.46 bits per heavy atom. The van der Waals surface area contributed by atoms with Crippen molar-refractivity contribution in [2.75, 3.05) is 11.5 Å². The summed E-state index contributed by atoms with van der Waals surface area (Å²) in [6, 6.07) is 0. The smallest absolute Gasteiger partial charge is 0.0625 e. The Morgan fingerprint density at radius 1 is 1.69 bits per heavy atom.